The molecule has 1 amide bonds. The second-order valence-electron chi connectivity index (χ2n) is 6.18. The number of rotatable bonds is 8. The average Bonchev–Trinajstić information content (AvgIpc) is 3.02. The zero-order chi connectivity index (χ0) is 19.4. The number of hydrogen-bond donors (Lipinski definition) is 3. The molecule has 0 unspecified atom stereocenters. The third-order valence-corrected chi connectivity index (χ3v) is 5.03. The van der Waals surface area contributed by atoms with Gasteiger partial charge < -0.3 is 20.9 Å². The highest BCUT2D eigenvalue weighted by atomic mass is 32.1. The Kier molecular flexibility index (Phi) is 5.94. The van der Waals surface area contributed by atoms with Crippen molar-refractivity contribution in [1.82, 2.24) is 15.0 Å². The highest BCUT2D eigenvalue weighted by molar-refractivity contribution is 7.19. The van der Waals surface area contributed by atoms with Crippen molar-refractivity contribution in [3.05, 3.63) is 46.7 Å². The largest absolute Gasteiger partial charge is 0.393 e. The molecule has 0 saturated heterocycles. The lowest BCUT2D eigenvalue weighted by molar-refractivity contribution is 0.0997. The molecule has 0 aliphatic rings. The lowest BCUT2D eigenvalue weighted by Crippen LogP contribution is -2.20. The van der Waals surface area contributed by atoms with E-state index in [2.05, 4.69) is 20.3 Å². The number of amides is 1. The second kappa shape index (κ2) is 8.38. The first-order valence-corrected chi connectivity index (χ1v) is 9.23. The van der Waals surface area contributed by atoms with Crippen LogP contribution in [0.25, 0.3) is 10.2 Å². The summed E-state index contributed by atoms with van der Waals surface area (Å²) >= 11 is 1.37. The molecule has 142 valence electrons. The van der Waals surface area contributed by atoms with Crippen LogP contribution in [0.2, 0.25) is 0 Å². The van der Waals surface area contributed by atoms with Crippen LogP contribution in [0.5, 0.6) is 0 Å². The highest BCUT2D eigenvalue weighted by Crippen LogP contribution is 2.29. The second-order valence-corrected chi connectivity index (χ2v) is 7.32. The van der Waals surface area contributed by atoms with E-state index in [1.165, 1.54) is 11.3 Å². The lowest BCUT2D eigenvalue weighted by Gasteiger charge is -2.18. The summed E-state index contributed by atoms with van der Waals surface area (Å²) in [6.07, 6.45) is 3.41. The number of thiophene rings is 1. The zero-order valence-electron chi connectivity index (χ0n) is 15.0. The van der Waals surface area contributed by atoms with E-state index in [9.17, 15) is 9.90 Å². The van der Waals surface area contributed by atoms with Crippen LogP contribution in [-0.4, -0.2) is 45.8 Å². The molecule has 9 heteroatoms. The molecular formula is C18H21N5O3S. The number of aliphatic hydroxyl groups is 1. The number of primary amides is 1. The van der Waals surface area contributed by atoms with Crippen molar-refractivity contribution >= 4 is 33.4 Å². The SMILES string of the molecule is COC[C@H](Nc1nc(C(N)=O)c2sc(C[C@@H](C)O)cc2n1)c1cccnc1. The number of ether oxygens (including phenoxy) is 1. The van der Waals surface area contributed by atoms with Gasteiger partial charge in [0.2, 0.25) is 5.95 Å². The highest BCUT2D eigenvalue weighted by Gasteiger charge is 2.19. The monoisotopic (exact) mass is 387 g/mol. The fourth-order valence-electron chi connectivity index (χ4n) is 2.73. The molecular weight excluding hydrogens is 366 g/mol. The van der Waals surface area contributed by atoms with E-state index in [4.69, 9.17) is 10.5 Å². The molecule has 3 rings (SSSR count). The van der Waals surface area contributed by atoms with Gasteiger partial charge in [-0.1, -0.05) is 6.07 Å². The van der Waals surface area contributed by atoms with Gasteiger partial charge in [0.15, 0.2) is 5.69 Å². The van der Waals surface area contributed by atoms with Crippen LogP contribution in [0.1, 0.15) is 33.9 Å². The van der Waals surface area contributed by atoms with E-state index >= 15 is 0 Å². The third kappa shape index (κ3) is 4.57. The van der Waals surface area contributed by atoms with E-state index < -0.39 is 12.0 Å². The van der Waals surface area contributed by atoms with Crippen LogP contribution in [-0.2, 0) is 11.2 Å². The fourth-order valence-corrected chi connectivity index (χ4v) is 3.94. The van der Waals surface area contributed by atoms with Gasteiger partial charge in [-0.05, 0) is 24.6 Å². The first kappa shape index (κ1) is 19.2. The number of fused-ring (bicyclic) bond motifs is 1. The summed E-state index contributed by atoms with van der Waals surface area (Å²) in [5, 5.41) is 12.8. The quantitative estimate of drug-likeness (QED) is 0.539. The number of aliphatic hydroxyl groups excluding tert-OH is 1. The van der Waals surface area contributed by atoms with Crippen molar-refractivity contribution in [2.45, 2.75) is 25.5 Å². The van der Waals surface area contributed by atoms with Gasteiger partial charge in [-0.15, -0.1) is 11.3 Å². The van der Waals surface area contributed by atoms with Gasteiger partial charge in [0.1, 0.15) is 0 Å². The molecule has 27 heavy (non-hydrogen) atoms. The van der Waals surface area contributed by atoms with Crippen molar-refractivity contribution < 1.29 is 14.6 Å². The molecule has 8 nitrogen and oxygen atoms in total. The van der Waals surface area contributed by atoms with E-state index in [0.717, 1.165) is 10.4 Å². The van der Waals surface area contributed by atoms with Crippen LogP contribution in [0.3, 0.4) is 0 Å². The number of methoxy groups -OCH3 is 1. The third-order valence-electron chi connectivity index (χ3n) is 3.88. The standard InChI is InChI=1S/C18H21N5O3S/c1-10(24)6-12-7-13-16(27-12)15(17(19)25)23-18(21-13)22-14(9-26-2)11-4-3-5-20-8-11/h3-5,7-8,10,14,24H,6,9H2,1-2H3,(H2,19,25)(H,21,22,23)/t10-,14+/m1/s1. The Morgan fingerprint density at radius 1 is 1.44 bits per heavy atom. The van der Waals surface area contributed by atoms with Crippen LogP contribution in [0.4, 0.5) is 5.95 Å². The summed E-state index contributed by atoms with van der Waals surface area (Å²) in [5.41, 5.74) is 7.21. The fraction of sp³-hybridized carbons (Fsp3) is 0.333. The molecule has 2 atom stereocenters. The number of aromatic nitrogens is 3. The van der Waals surface area contributed by atoms with E-state index in [1.807, 2.05) is 18.2 Å². The Balaban J connectivity index is 1.99. The van der Waals surface area contributed by atoms with Crippen LogP contribution in [0.15, 0.2) is 30.6 Å². The summed E-state index contributed by atoms with van der Waals surface area (Å²) in [6, 6.07) is 5.36. The van der Waals surface area contributed by atoms with Gasteiger partial charge in [-0.2, -0.15) is 0 Å². The molecule has 3 heterocycles. The minimum absolute atomic E-state index is 0.159. The molecule has 0 fully saturated rings. The molecule has 4 N–H and O–H groups in total. The predicted octanol–water partition coefficient (Wildman–Crippen LogP) is 1.91. The van der Waals surface area contributed by atoms with Gasteiger partial charge in [-0.3, -0.25) is 9.78 Å². The van der Waals surface area contributed by atoms with Crippen molar-refractivity contribution in [3.8, 4) is 0 Å². The maximum atomic E-state index is 11.9. The molecule has 3 aromatic rings. The molecule has 3 aromatic heterocycles. The maximum absolute atomic E-state index is 11.9. The number of carbonyl (C=O) groups excluding carboxylic acids is 1. The Bertz CT molecular complexity index is 929. The Morgan fingerprint density at radius 3 is 2.89 bits per heavy atom. The van der Waals surface area contributed by atoms with E-state index in [1.54, 1.807) is 26.4 Å². The number of nitrogens with zero attached hydrogens (tertiary/aromatic N) is 3. The number of pyridine rings is 1. The average molecular weight is 387 g/mol. The number of hydrogen-bond acceptors (Lipinski definition) is 8. The van der Waals surface area contributed by atoms with Gasteiger partial charge >= 0.3 is 0 Å². The molecule has 0 aromatic carbocycles. The molecule has 0 aliphatic carbocycles. The van der Waals surface area contributed by atoms with Gasteiger partial charge in [0.05, 0.1) is 29.0 Å². The van der Waals surface area contributed by atoms with Crippen molar-refractivity contribution in [3.63, 3.8) is 0 Å². The number of nitrogens with two attached hydrogens (primary N) is 1. The summed E-state index contributed by atoms with van der Waals surface area (Å²) in [4.78, 5) is 25.8. The lowest BCUT2D eigenvalue weighted by atomic mass is 10.1. The normalized spacial score (nSPS) is 13.4. The predicted molar refractivity (Wildman–Crippen MR) is 104 cm³/mol. The first-order valence-electron chi connectivity index (χ1n) is 8.41. The summed E-state index contributed by atoms with van der Waals surface area (Å²) in [6.45, 7) is 2.08. The van der Waals surface area contributed by atoms with E-state index in [-0.39, 0.29) is 17.7 Å². The maximum Gasteiger partial charge on any atom is 0.269 e. The number of anilines is 1. The van der Waals surface area contributed by atoms with Gasteiger partial charge in [0.25, 0.3) is 5.91 Å². The summed E-state index contributed by atoms with van der Waals surface area (Å²) < 4.78 is 5.90. The van der Waals surface area contributed by atoms with Crippen molar-refractivity contribution in [2.75, 3.05) is 19.0 Å². The Labute approximate surface area is 160 Å². The first-order chi connectivity index (χ1) is 13.0. The summed E-state index contributed by atoms with van der Waals surface area (Å²) in [7, 11) is 1.60. The molecule has 0 radical (unpaired) electrons. The molecule has 0 bridgehead atoms. The topological polar surface area (TPSA) is 123 Å². The van der Waals surface area contributed by atoms with Crippen LogP contribution < -0.4 is 11.1 Å². The molecule has 0 saturated carbocycles. The Hall–Kier alpha value is -2.62. The minimum Gasteiger partial charge on any atom is -0.393 e. The number of carbonyl (C=O) groups is 1. The zero-order valence-corrected chi connectivity index (χ0v) is 15.9. The summed E-state index contributed by atoms with van der Waals surface area (Å²) in [5.74, 6) is -0.343. The van der Waals surface area contributed by atoms with Gasteiger partial charge in [0, 0.05) is 30.8 Å². The molecule has 0 aliphatic heterocycles. The van der Waals surface area contributed by atoms with E-state index in [0.29, 0.717) is 23.2 Å². The Morgan fingerprint density at radius 2 is 2.26 bits per heavy atom. The minimum atomic E-state index is -0.624. The molecule has 0 spiro atoms. The van der Waals surface area contributed by atoms with Gasteiger partial charge in [-0.25, -0.2) is 9.97 Å². The van der Waals surface area contributed by atoms with Crippen LogP contribution in [0, 0.1) is 0 Å². The van der Waals surface area contributed by atoms with Crippen molar-refractivity contribution in [2.24, 2.45) is 5.73 Å². The smallest absolute Gasteiger partial charge is 0.269 e. The van der Waals surface area contributed by atoms with Crippen molar-refractivity contribution in [1.29, 1.82) is 0 Å². The van der Waals surface area contributed by atoms with Crippen LogP contribution >= 0.6 is 11.3 Å². The number of nitrogens with one attached hydrogen (secondary N) is 1.